The number of aryl methyl sites for hydroxylation is 1. The molecular formula is C22H19Cl2N3O3. The molecule has 2 aromatic carbocycles. The molecule has 154 valence electrons. The van der Waals surface area contributed by atoms with Gasteiger partial charge in [-0.25, -0.2) is 4.98 Å². The maximum atomic E-state index is 13.2. The van der Waals surface area contributed by atoms with Crippen molar-refractivity contribution in [3.63, 3.8) is 0 Å². The van der Waals surface area contributed by atoms with Crippen LogP contribution in [0.3, 0.4) is 0 Å². The minimum atomic E-state index is -1.03. The number of hydrogen-bond donors (Lipinski definition) is 2. The van der Waals surface area contributed by atoms with Crippen LogP contribution in [-0.2, 0) is 13.5 Å². The highest BCUT2D eigenvalue weighted by Gasteiger charge is 2.23. The molecule has 1 unspecified atom stereocenters. The number of aromatic nitrogens is 3. The predicted molar refractivity (Wildman–Crippen MR) is 118 cm³/mol. The lowest BCUT2D eigenvalue weighted by atomic mass is 10.0. The Hall–Kier alpha value is -2.64. The van der Waals surface area contributed by atoms with Gasteiger partial charge in [0.15, 0.2) is 5.65 Å². The van der Waals surface area contributed by atoms with Gasteiger partial charge in [0.2, 0.25) is 0 Å². The third kappa shape index (κ3) is 3.52. The summed E-state index contributed by atoms with van der Waals surface area (Å²) in [6.07, 6.45) is 0.428. The Kier molecular flexibility index (Phi) is 5.66. The Bertz CT molecular complexity index is 1280. The maximum absolute atomic E-state index is 13.2. The Morgan fingerprint density at radius 2 is 1.80 bits per heavy atom. The second kappa shape index (κ2) is 8.24. The van der Waals surface area contributed by atoms with E-state index in [4.69, 9.17) is 28.3 Å². The van der Waals surface area contributed by atoms with Gasteiger partial charge in [0.25, 0.3) is 5.56 Å². The van der Waals surface area contributed by atoms with Crippen molar-refractivity contribution in [1.82, 2.24) is 14.2 Å². The highest BCUT2D eigenvalue weighted by Crippen LogP contribution is 2.38. The smallest absolute Gasteiger partial charge is 0.276 e. The van der Waals surface area contributed by atoms with E-state index in [-0.39, 0.29) is 12.0 Å². The van der Waals surface area contributed by atoms with Gasteiger partial charge in [-0.3, -0.25) is 9.48 Å². The van der Waals surface area contributed by atoms with E-state index in [9.17, 15) is 9.90 Å². The molecule has 4 aromatic rings. The monoisotopic (exact) mass is 443 g/mol. The average molecular weight is 444 g/mol. The van der Waals surface area contributed by atoms with Gasteiger partial charge in [-0.2, -0.15) is 4.52 Å². The minimum Gasteiger partial charge on any atom is -0.394 e. The predicted octanol–water partition coefficient (Wildman–Crippen LogP) is 3.57. The van der Waals surface area contributed by atoms with E-state index in [1.54, 1.807) is 29.9 Å². The zero-order valence-corrected chi connectivity index (χ0v) is 17.6. The molecule has 0 fully saturated rings. The molecule has 6 nitrogen and oxygen atoms in total. The summed E-state index contributed by atoms with van der Waals surface area (Å²) in [6, 6.07) is 14.7. The van der Waals surface area contributed by atoms with Crippen LogP contribution >= 0.6 is 23.2 Å². The first-order chi connectivity index (χ1) is 14.4. The molecule has 2 heterocycles. The van der Waals surface area contributed by atoms with Gasteiger partial charge in [0, 0.05) is 40.8 Å². The first-order valence-electron chi connectivity index (χ1n) is 9.31. The molecule has 0 aliphatic carbocycles. The van der Waals surface area contributed by atoms with Gasteiger partial charge in [0.05, 0.1) is 24.0 Å². The lowest BCUT2D eigenvalue weighted by Crippen LogP contribution is -2.27. The van der Waals surface area contributed by atoms with E-state index in [2.05, 4.69) is 4.98 Å². The van der Waals surface area contributed by atoms with Crippen molar-refractivity contribution in [3.8, 4) is 22.4 Å². The molecular weight excluding hydrogens is 425 g/mol. The zero-order valence-electron chi connectivity index (χ0n) is 16.1. The molecule has 2 aromatic heterocycles. The van der Waals surface area contributed by atoms with Gasteiger partial charge in [-0.15, -0.1) is 0 Å². The van der Waals surface area contributed by atoms with E-state index in [0.717, 1.165) is 22.4 Å². The molecule has 0 radical (unpaired) electrons. The van der Waals surface area contributed by atoms with Crippen molar-refractivity contribution in [1.29, 1.82) is 0 Å². The molecule has 0 aliphatic rings. The van der Waals surface area contributed by atoms with Crippen molar-refractivity contribution in [2.75, 3.05) is 6.61 Å². The summed E-state index contributed by atoms with van der Waals surface area (Å²) in [5, 5.41) is 20.1. The molecule has 0 saturated heterocycles. The second-order valence-corrected chi connectivity index (χ2v) is 7.84. The Labute approximate surface area is 182 Å². The fourth-order valence-electron chi connectivity index (χ4n) is 3.60. The fraction of sp³-hybridized carbons (Fsp3) is 0.182. The number of aliphatic hydroxyl groups excluding tert-OH is 2. The molecule has 0 spiro atoms. The molecule has 0 amide bonds. The van der Waals surface area contributed by atoms with Gasteiger partial charge >= 0.3 is 0 Å². The van der Waals surface area contributed by atoms with Crippen LogP contribution < -0.4 is 5.56 Å². The summed E-state index contributed by atoms with van der Waals surface area (Å²) in [4.78, 5) is 17.8. The van der Waals surface area contributed by atoms with Crippen LogP contribution in [0.1, 0.15) is 5.56 Å². The van der Waals surface area contributed by atoms with E-state index < -0.39 is 12.7 Å². The Morgan fingerprint density at radius 3 is 2.47 bits per heavy atom. The number of rotatable bonds is 5. The van der Waals surface area contributed by atoms with E-state index in [0.29, 0.717) is 21.3 Å². The Balaban J connectivity index is 2.08. The number of fused-ring (bicyclic) bond motifs is 1. The third-order valence-electron chi connectivity index (χ3n) is 5.02. The number of nitrogens with zero attached hydrogens (tertiary/aromatic N) is 3. The largest absolute Gasteiger partial charge is 0.394 e. The minimum absolute atomic E-state index is 0.00809. The van der Waals surface area contributed by atoms with Crippen LogP contribution in [0.4, 0.5) is 0 Å². The van der Waals surface area contributed by atoms with Gasteiger partial charge < -0.3 is 10.2 Å². The molecule has 1 atom stereocenters. The summed E-state index contributed by atoms with van der Waals surface area (Å²) < 4.78 is 3.17. The van der Waals surface area contributed by atoms with Crippen molar-refractivity contribution in [2.45, 2.75) is 12.5 Å². The van der Waals surface area contributed by atoms with Crippen LogP contribution in [0.5, 0.6) is 0 Å². The van der Waals surface area contributed by atoms with Crippen LogP contribution in [-0.4, -0.2) is 37.1 Å². The molecule has 0 bridgehead atoms. The normalized spacial score (nSPS) is 12.4. The van der Waals surface area contributed by atoms with E-state index in [1.807, 2.05) is 30.3 Å². The quantitative estimate of drug-likeness (QED) is 0.493. The van der Waals surface area contributed by atoms with Gasteiger partial charge in [-0.05, 0) is 23.8 Å². The fourth-order valence-corrected chi connectivity index (χ4v) is 3.95. The topological polar surface area (TPSA) is 79.8 Å². The number of benzene rings is 2. The Morgan fingerprint density at radius 1 is 1.10 bits per heavy atom. The second-order valence-electron chi connectivity index (χ2n) is 7.00. The van der Waals surface area contributed by atoms with Crippen molar-refractivity contribution in [2.24, 2.45) is 7.05 Å². The van der Waals surface area contributed by atoms with E-state index in [1.165, 1.54) is 10.7 Å². The van der Waals surface area contributed by atoms with Crippen LogP contribution in [0.2, 0.25) is 10.0 Å². The average Bonchev–Trinajstić information content (AvgIpc) is 3.03. The summed E-state index contributed by atoms with van der Waals surface area (Å²) in [6.45, 7) is -0.434. The maximum Gasteiger partial charge on any atom is 0.276 e. The first kappa shape index (κ1) is 20.6. The highest BCUT2D eigenvalue weighted by atomic mass is 35.5. The molecule has 30 heavy (non-hydrogen) atoms. The molecule has 0 aliphatic heterocycles. The SMILES string of the molecule is Cn1c(-c2ccccc2Cl)c(-c2ccc(Cl)cc2)c2ncc(CC(O)CO)c(=O)n21. The highest BCUT2D eigenvalue weighted by molar-refractivity contribution is 6.33. The van der Waals surface area contributed by atoms with Crippen LogP contribution in [0.25, 0.3) is 28.0 Å². The summed E-state index contributed by atoms with van der Waals surface area (Å²) in [7, 11) is 1.76. The number of aliphatic hydroxyl groups is 2. The summed E-state index contributed by atoms with van der Waals surface area (Å²) in [5.74, 6) is 0. The molecule has 2 N–H and O–H groups in total. The molecule has 8 heteroatoms. The van der Waals surface area contributed by atoms with Gasteiger partial charge in [-0.1, -0.05) is 53.5 Å². The van der Waals surface area contributed by atoms with Crippen LogP contribution in [0.15, 0.2) is 59.5 Å². The number of halogens is 2. The summed E-state index contributed by atoms with van der Waals surface area (Å²) in [5.41, 5.74) is 3.52. The third-order valence-corrected chi connectivity index (χ3v) is 5.60. The van der Waals surface area contributed by atoms with Crippen LogP contribution in [0, 0.1) is 0 Å². The standard InChI is InChI=1S/C22H19Cl2N3O3/c1-26-20(17-4-2-3-5-18(17)24)19(13-6-8-15(23)9-7-13)21-25-11-14(10-16(29)12-28)22(30)27(21)26/h2-9,11,16,28-29H,10,12H2,1H3. The molecule has 0 saturated carbocycles. The zero-order chi connectivity index (χ0) is 21.4. The lowest BCUT2D eigenvalue weighted by Gasteiger charge is -2.09. The first-order valence-corrected chi connectivity index (χ1v) is 10.1. The lowest BCUT2D eigenvalue weighted by molar-refractivity contribution is 0.0951. The van der Waals surface area contributed by atoms with Crippen molar-refractivity contribution < 1.29 is 10.2 Å². The number of hydrogen-bond acceptors (Lipinski definition) is 4. The summed E-state index contributed by atoms with van der Waals surface area (Å²) >= 11 is 12.6. The molecule has 4 rings (SSSR count). The van der Waals surface area contributed by atoms with Crippen molar-refractivity contribution in [3.05, 3.63) is 80.7 Å². The van der Waals surface area contributed by atoms with Crippen molar-refractivity contribution >= 4 is 28.8 Å². The van der Waals surface area contributed by atoms with Gasteiger partial charge in [0.1, 0.15) is 0 Å². The van der Waals surface area contributed by atoms with E-state index >= 15 is 0 Å².